The molecule has 3 nitrogen and oxygen atoms in total. The Balaban J connectivity index is 1.93. The summed E-state index contributed by atoms with van der Waals surface area (Å²) in [6.45, 7) is 4.37. The standard InChI is InChI=1S/C15H19FN2O/c1-2-15(6-7-17-10-15)14(19)18-8-5-11-3-4-12(16)9-13(11)18/h3-4,9,17H,2,5-8,10H2,1H3. The maximum Gasteiger partial charge on any atom is 0.234 e. The Morgan fingerprint density at radius 1 is 1.53 bits per heavy atom. The normalized spacial score (nSPS) is 25.7. The quantitative estimate of drug-likeness (QED) is 0.885. The van der Waals surface area contributed by atoms with Crippen molar-refractivity contribution >= 4 is 11.6 Å². The van der Waals surface area contributed by atoms with Crippen LogP contribution in [0.5, 0.6) is 0 Å². The average molecular weight is 262 g/mol. The van der Waals surface area contributed by atoms with Crippen LogP contribution >= 0.6 is 0 Å². The molecule has 4 heteroatoms. The fourth-order valence-electron chi connectivity index (χ4n) is 3.23. The maximum atomic E-state index is 13.4. The van der Waals surface area contributed by atoms with Crippen molar-refractivity contribution in [1.29, 1.82) is 0 Å². The molecule has 1 N–H and O–H groups in total. The molecule has 1 aromatic carbocycles. The predicted molar refractivity (Wildman–Crippen MR) is 72.7 cm³/mol. The van der Waals surface area contributed by atoms with Gasteiger partial charge in [-0.15, -0.1) is 0 Å². The van der Waals surface area contributed by atoms with Crippen LogP contribution < -0.4 is 10.2 Å². The minimum absolute atomic E-state index is 0.157. The lowest BCUT2D eigenvalue weighted by molar-refractivity contribution is -0.127. The van der Waals surface area contributed by atoms with Crippen LogP contribution in [0.2, 0.25) is 0 Å². The molecule has 0 saturated carbocycles. The molecule has 2 heterocycles. The number of amides is 1. The van der Waals surface area contributed by atoms with E-state index in [2.05, 4.69) is 12.2 Å². The molecule has 2 aliphatic rings. The minimum atomic E-state index is -0.298. The Hall–Kier alpha value is -1.42. The van der Waals surface area contributed by atoms with Gasteiger partial charge in [0.25, 0.3) is 0 Å². The first-order valence-corrected chi connectivity index (χ1v) is 6.97. The van der Waals surface area contributed by atoms with Gasteiger partial charge in [0.2, 0.25) is 5.91 Å². The summed E-state index contributed by atoms with van der Waals surface area (Å²) in [6.07, 6.45) is 2.54. The lowest BCUT2D eigenvalue weighted by Gasteiger charge is -2.31. The highest BCUT2D eigenvalue weighted by Gasteiger charge is 2.43. The molecule has 0 spiro atoms. The van der Waals surface area contributed by atoms with Gasteiger partial charge in [0.1, 0.15) is 5.82 Å². The van der Waals surface area contributed by atoms with E-state index < -0.39 is 0 Å². The number of anilines is 1. The van der Waals surface area contributed by atoms with E-state index in [9.17, 15) is 9.18 Å². The number of nitrogens with one attached hydrogen (secondary N) is 1. The van der Waals surface area contributed by atoms with Crippen LogP contribution in [0.3, 0.4) is 0 Å². The molecule has 3 rings (SSSR count). The number of nitrogens with zero attached hydrogens (tertiary/aromatic N) is 1. The van der Waals surface area contributed by atoms with E-state index in [0.717, 1.165) is 43.6 Å². The Kier molecular flexibility index (Phi) is 3.05. The summed E-state index contributed by atoms with van der Waals surface area (Å²) in [4.78, 5) is 14.6. The smallest absolute Gasteiger partial charge is 0.234 e. The zero-order chi connectivity index (χ0) is 13.5. The van der Waals surface area contributed by atoms with Gasteiger partial charge in [-0.05, 0) is 43.5 Å². The van der Waals surface area contributed by atoms with E-state index in [1.165, 1.54) is 12.1 Å². The fraction of sp³-hybridized carbons (Fsp3) is 0.533. The van der Waals surface area contributed by atoms with Crippen LogP contribution in [0.1, 0.15) is 25.3 Å². The molecule has 1 atom stereocenters. The van der Waals surface area contributed by atoms with Crippen molar-refractivity contribution in [3.05, 3.63) is 29.6 Å². The van der Waals surface area contributed by atoms with Gasteiger partial charge >= 0.3 is 0 Å². The number of halogens is 1. The second kappa shape index (κ2) is 4.60. The molecule has 102 valence electrons. The molecular weight excluding hydrogens is 243 g/mol. The lowest BCUT2D eigenvalue weighted by Crippen LogP contribution is -2.44. The van der Waals surface area contributed by atoms with Gasteiger partial charge in [-0.25, -0.2) is 4.39 Å². The molecule has 1 unspecified atom stereocenters. The number of benzene rings is 1. The van der Waals surface area contributed by atoms with E-state index in [1.807, 2.05) is 0 Å². The molecule has 0 bridgehead atoms. The summed E-state index contributed by atoms with van der Waals surface area (Å²) in [7, 11) is 0. The van der Waals surface area contributed by atoms with Crippen LogP contribution in [0.4, 0.5) is 10.1 Å². The third-order valence-electron chi connectivity index (χ3n) is 4.56. The molecule has 1 aromatic rings. The van der Waals surface area contributed by atoms with Gasteiger partial charge in [0.15, 0.2) is 0 Å². The van der Waals surface area contributed by atoms with Crippen molar-refractivity contribution in [2.45, 2.75) is 26.2 Å². The summed E-state index contributed by atoms with van der Waals surface area (Å²) < 4.78 is 13.4. The third-order valence-corrected chi connectivity index (χ3v) is 4.56. The molecule has 1 saturated heterocycles. The Labute approximate surface area is 112 Å². The minimum Gasteiger partial charge on any atom is -0.316 e. The predicted octanol–water partition coefficient (Wildman–Crippen LogP) is 2.10. The van der Waals surface area contributed by atoms with E-state index >= 15 is 0 Å². The van der Waals surface area contributed by atoms with Crippen molar-refractivity contribution in [2.24, 2.45) is 5.41 Å². The van der Waals surface area contributed by atoms with Crippen molar-refractivity contribution < 1.29 is 9.18 Å². The van der Waals surface area contributed by atoms with Crippen LogP contribution in [0.25, 0.3) is 0 Å². The number of carbonyl (C=O) groups excluding carboxylic acids is 1. The first-order valence-electron chi connectivity index (χ1n) is 6.97. The molecule has 0 radical (unpaired) electrons. The van der Waals surface area contributed by atoms with Crippen molar-refractivity contribution in [2.75, 3.05) is 24.5 Å². The molecule has 0 aromatic heterocycles. The molecule has 0 aliphatic carbocycles. The van der Waals surface area contributed by atoms with Gasteiger partial charge in [0.05, 0.1) is 5.41 Å². The summed E-state index contributed by atoms with van der Waals surface area (Å²) in [5.41, 5.74) is 1.55. The maximum absolute atomic E-state index is 13.4. The number of hydrogen-bond acceptors (Lipinski definition) is 2. The molecule has 2 aliphatic heterocycles. The average Bonchev–Trinajstić information content (AvgIpc) is 3.05. The van der Waals surface area contributed by atoms with Crippen molar-refractivity contribution in [3.63, 3.8) is 0 Å². The number of hydrogen-bond donors (Lipinski definition) is 1. The fourth-order valence-corrected chi connectivity index (χ4v) is 3.23. The molecular formula is C15H19FN2O. The summed E-state index contributed by atoms with van der Waals surface area (Å²) >= 11 is 0. The van der Waals surface area contributed by atoms with Crippen LogP contribution in [0.15, 0.2) is 18.2 Å². The van der Waals surface area contributed by atoms with Gasteiger partial charge in [0, 0.05) is 18.8 Å². The van der Waals surface area contributed by atoms with E-state index in [1.54, 1.807) is 11.0 Å². The summed E-state index contributed by atoms with van der Waals surface area (Å²) in [5, 5.41) is 3.28. The Morgan fingerprint density at radius 2 is 2.37 bits per heavy atom. The van der Waals surface area contributed by atoms with Crippen molar-refractivity contribution in [3.8, 4) is 0 Å². The number of rotatable bonds is 2. The zero-order valence-corrected chi connectivity index (χ0v) is 11.2. The van der Waals surface area contributed by atoms with Crippen LogP contribution in [0, 0.1) is 11.2 Å². The second-order valence-electron chi connectivity index (χ2n) is 5.54. The van der Waals surface area contributed by atoms with Gasteiger partial charge in [-0.2, -0.15) is 0 Å². The molecule has 19 heavy (non-hydrogen) atoms. The molecule has 1 amide bonds. The van der Waals surface area contributed by atoms with E-state index in [-0.39, 0.29) is 17.1 Å². The SMILES string of the molecule is CCC1(C(=O)N2CCc3ccc(F)cc32)CCNC1. The van der Waals surface area contributed by atoms with Crippen molar-refractivity contribution in [1.82, 2.24) is 5.32 Å². The first kappa shape index (κ1) is 12.6. The lowest BCUT2D eigenvalue weighted by atomic mass is 9.82. The molecule has 1 fully saturated rings. The highest BCUT2D eigenvalue weighted by atomic mass is 19.1. The monoisotopic (exact) mass is 262 g/mol. The second-order valence-corrected chi connectivity index (χ2v) is 5.54. The summed E-state index contributed by atoms with van der Waals surface area (Å²) in [5.74, 6) is -0.113. The number of fused-ring (bicyclic) bond motifs is 1. The van der Waals surface area contributed by atoms with Crippen LogP contribution in [-0.2, 0) is 11.2 Å². The Bertz CT molecular complexity index is 509. The number of carbonyl (C=O) groups is 1. The van der Waals surface area contributed by atoms with Gasteiger partial charge in [-0.3, -0.25) is 4.79 Å². The zero-order valence-electron chi connectivity index (χ0n) is 11.2. The summed E-state index contributed by atoms with van der Waals surface area (Å²) in [6, 6.07) is 4.76. The Morgan fingerprint density at radius 3 is 3.05 bits per heavy atom. The third kappa shape index (κ3) is 1.94. The largest absolute Gasteiger partial charge is 0.316 e. The van der Waals surface area contributed by atoms with E-state index in [0.29, 0.717) is 6.54 Å². The first-order chi connectivity index (χ1) is 9.16. The van der Waals surface area contributed by atoms with Gasteiger partial charge in [-0.1, -0.05) is 13.0 Å². The van der Waals surface area contributed by atoms with Crippen LogP contribution in [-0.4, -0.2) is 25.5 Å². The highest BCUT2D eigenvalue weighted by Crippen LogP contribution is 2.37. The highest BCUT2D eigenvalue weighted by molar-refractivity contribution is 5.99. The van der Waals surface area contributed by atoms with E-state index in [4.69, 9.17) is 0 Å². The topological polar surface area (TPSA) is 32.3 Å². The van der Waals surface area contributed by atoms with Gasteiger partial charge < -0.3 is 10.2 Å².